The lowest BCUT2D eigenvalue weighted by Gasteiger charge is -2.27. The van der Waals surface area contributed by atoms with Gasteiger partial charge in [0.05, 0.1) is 12.0 Å². The summed E-state index contributed by atoms with van der Waals surface area (Å²) in [7, 11) is 0. The number of hydrogen-bond donors (Lipinski definition) is 3. The molecular weight excluding hydrogens is 208 g/mol. The van der Waals surface area contributed by atoms with E-state index in [0.29, 0.717) is 12.8 Å². The minimum Gasteiger partial charge on any atom is -0.481 e. The van der Waals surface area contributed by atoms with Gasteiger partial charge < -0.3 is 15.7 Å². The Kier molecular flexibility index (Phi) is 3.78. The van der Waals surface area contributed by atoms with Crippen LogP contribution in [0.4, 0.5) is 4.79 Å². The molecule has 16 heavy (non-hydrogen) atoms. The fraction of sp³-hybridized carbons (Fsp3) is 0.636. The van der Waals surface area contributed by atoms with E-state index in [9.17, 15) is 9.59 Å². The van der Waals surface area contributed by atoms with Crippen molar-refractivity contribution in [2.45, 2.75) is 32.2 Å². The molecule has 2 atom stereocenters. The maximum Gasteiger partial charge on any atom is 0.315 e. The van der Waals surface area contributed by atoms with E-state index in [1.807, 2.05) is 0 Å². The van der Waals surface area contributed by atoms with E-state index >= 15 is 0 Å². The van der Waals surface area contributed by atoms with Crippen LogP contribution in [0.3, 0.4) is 0 Å². The maximum absolute atomic E-state index is 11.4. The third-order valence-electron chi connectivity index (χ3n) is 3.10. The molecule has 0 heterocycles. The van der Waals surface area contributed by atoms with E-state index in [1.54, 1.807) is 6.92 Å². The smallest absolute Gasteiger partial charge is 0.315 e. The molecule has 1 rings (SSSR count). The van der Waals surface area contributed by atoms with Gasteiger partial charge in [-0.1, -0.05) is 12.3 Å². The molecule has 88 valence electrons. The van der Waals surface area contributed by atoms with E-state index in [4.69, 9.17) is 11.5 Å². The second-order valence-corrected chi connectivity index (χ2v) is 4.20. The molecule has 0 aliphatic heterocycles. The van der Waals surface area contributed by atoms with Crippen molar-refractivity contribution in [1.29, 1.82) is 0 Å². The molecule has 1 fully saturated rings. The number of urea groups is 1. The first-order valence-electron chi connectivity index (χ1n) is 5.22. The molecule has 5 heteroatoms. The van der Waals surface area contributed by atoms with Crippen LogP contribution in [0.25, 0.3) is 0 Å². The molecule has 2 amide bonds. The first-order chi connectivity index (χ1) is 7.50. The number of amides is 2. The Morgan fingerprint density at radius 1 is 1.62 bits per heavy atom. The number of aliphatic carboxylic acids is 1. The molecule has 5 nitrogen and oxygen atoms in total. The van der Waals surface area contributed by atoms with Gasteiger partial charge in [-0.2, -0.15) is 0 Å². The summed E-state index contributed by atoms with van der Waals surface area (Å²) in [5, 5.41) is 14.2. The highest BCUT2D eigenvalue weighted by Gasteiger charge is 2.45. The summed E-state index contributed by atoms with van der Waals surface area (Å²) >= 11 is 0. The van der Waals surface area contributed by atoms with E-state index in [0.717, 1.165) is 6.42 Å². The van der Waals surface area contributed by atoms with Gasteiger partial charge in [-0.15, -0.1) is 6.42 Å². The average molecular weight is 224 g/mol. The Bertz CT molecular complexity index is 335. The number of terminal acetylenes is 1. The second-order valence-electron chi connectivity index (χ2n) is 4.20. The molecule has 0 radical (unpaired) electrons. The summed E-state index contributed by atoms with van der Waals surface area (Å²) < 4.78 is 0. The van der Waals surface area contributed by atoms with Crippen molar-refractivity contribution < 1.29 is 14.7 Å². The second kappa shape index (κ2) is 4.88. The van der Waals surface area contributed by atoms with Crippen molar-refractivity contribution in [3.8, 4) is 12.3 Å². The van der Waals surface area contributed by atoms with Gasteiger partial charge >= 0.3 is 12.0 Å². The average Bonchev–Trinajstić information content (AvgIpc) is 2.59. The number of carboxylic acids is 1. The third-order valence-corrected chi connectivity index (χ3v) is 3.10. The summed E-state index contributed by atoms with van der Waals surface area (Å²) in [4.78, 5) is 22.5. The zero-order chi connectivity index (χ0) is 12.2. The van der Waals surface area contributed by atoms with Crippen LogP contribution in [-0.4, -0.2) is 29.7 Å². The molecule has 0 spiro atoms. The lowest BCUT2D eigenvalue weighted by atomic mass is 9.85. The van der Waals surface area contributed by atoms with Gasteiger partial charge in [-0.05, 0) is 19.8 Å². The fourth-order valence-corrected chi connectivity index (χ4v) is 1.99. The SMILES string of the molecule is C#CCNC(=O)NC1CCCC1(C)C(=O)O. The van der Waals surface area contributed by atoms with E-state index < -0.39 is 17.4 Å². The molecule has 0 aromatic heterocycles. The van der Waals surface area contributed by atoms with Crippen molar-refractivity contribution in [3.05, 3.63) is 0 Å². The van der Waals surface area contributed by atoms with Gasteiger partial charge in [0, 0.05) is 6.04 Å². The highest BCUT2D eigenvalue weighted by molar-refractivity contribution is 5.79. The number of carbonyl (C=O) groups excluding carboxylic acids is 1. The standard InChI is InChI=1S/C11H16N2O3/c1-3-7-12-10(16)13-8-5-4-6-11(8,2)9(14)15/h1,8H,4-7H2,2H3,(H,14,15)(H2,12,13,16). The number of rotatable bonds is 3. The van der Waals surface area contributed by atoms with Crippen LogP contribution in [0.2, 0.25) is 0 Å². The molecule has 1 saturated carbocycles. The lowest BCUT2D eigenvalue weighted by molar-refractivity contribution is -0.148. The third kappa shape index (κ3) is 2.45. The number of carbonyl (C=O) groups is 2. The van der Waals surface area contributed by atoms with Crippen LogP contribution < -0.4 is 10.6 Å². The zero-order valence-corrected chi connectivity index (χ0v) is 9.25. The number of hydrogen-bond acceptors (Lipinski definition) is 2. The van der Waals surface area contributed by atoms with Gasteiger partial charge in [0.25, 0.3) is 0 Å². The number of carboxylic acid groups (broad SMARTS) is 1. The van der Waals surface area contributed by atoms with Crippen LogP contribution in [0, 0.1) is 17.8 Å². The predicted octanol–water partition coefficient (Wildman–Crippen LogP) is 0.562. The minimum absolute atomic E-state index is 0.141. The van der Waals surface area contributed by atoms with E-state index in [1.165, 1.54) is 0 Å². The highest BCUT2D eigenvalue weighted by atomic mass is 16.4. The Balaban J connectivity index is 2.57. The van der Waals surface area contributed by atoms with Crippen molar-refractivity contribution in [1.82, 2.24) is 10.6 Å². The lowest BCUT2D eigenvalue weighted by Crippen LogP contribution is -2.50. The van der Waals surface area contributed by atoms with Crippen molar-refractivity contribution >= 4 is 12.0 Å². The molecule has 2 unspecified atom stereocenters. The molecule has 3 N–H and O–H groups in total. The van der Waals surface area contributed by atoms with Crippen molar-refractivity contribution in [3.63, 3.8) is 0 Å². The minimum atomic E-state index is -0.868. The Morgan fingerprint density at radius 3 is 2.88 bits per heavy atom. The molecule has 1 aliphatic carbocycles. The monoisotopic (exact) mass is 224 g/mol. The summed E-state index contributed by atoms with van der Waals surface area (Å²) in [5.41, 5.74) is -0.868. The fourth-order valence-electron chi connectivity index (χ4n) is 1.99. The largest absolute Gasteiger partial charge is 0.481 e. The molecule has 0 aromatic rings. The topological polar surface area (TPSA) is 78.4 Å². The summed E-state index contributed by atoms with van der Waals surface area (Å²) in [6.07, 6.45) is 7.08. The Morgan fingerprint density at radius 2 is 2.31 bits per heavy atom. The first kappa shape index (κ1) is 12.4. The molecule has 0 aromatic carbocycles. The highest BCUT2D eigenvalue weighted by Crippen LogP contribution is 2.38. The quantitative estimate of drug-likeness (QED) is 0.613. The Hall–Kier alpha value is -1.70. The van der Waals surface area contributed by atoms with Gasteiger partial charge in [0.1, 0.15) is 0 Å². The van der Waals surface area contributed by atoms with Crippen LogP contribution in [0.1, 0.15) is 26.2 Å². The molecule has 0 saturated heterocycles. The summed E-state index contributed by atoms with van der Waals surface area (Å²) in [6, 6.07) is -0.736. The van der Waals surface area contributed by atoms with Gasteiger partial charge in [0.2, 0.25) is 0 Å². The van der Waals surface area contributed by atoms with E-state index in [2.05, 4.69) is 16.6 Å². The molecule has 1 aliphatic rings. The summed E-state index contributed by atoms with van der Waals surface area (Å²) in [5.74, 6) is 1.41. The van der Waals surface area contributed by atoms with Gasteiger partial charge in [0.15, 0.2) is 0 Å². The molecule has 0 bridgehead atoms. The van der Waals surface area contributed by atoms with Gasteiger partial charge in [-0.3, -0.25) is 4.79 Å². The normalized spacial score (nSPS) is 28.1. The first-order valence-corrected chi connectivity index (χ1v) is 5.22. The molecular formula is C11H16N2O3. The van der Waals surface area contributed by atoms with Crippen molar-refractivity contribution in [2.24, 2.45) is 5.41 Å². The predicted molar refractivity (Wildman–Crippen MR) is 58.7 cm³/mol. The van der Waals surface area contributed by atoms with Crippen LogP contribution >= 0.6 is 0 Å². The number of nitrogens with one attached hydrogen (secondary N) is 2. The van der Waals surface area contributed by atoms with Crippen LogP contribution in [0.15, 0.2) is 0 Å². The zero-order valence-electron chi connectivity index (χ0n) is 9.25. The van der Waals surface area contributed by atoms with Crippen LogP contribution in [-0.2, 0) is 4.79 Å². The van der Waals surface area contributed by atoms with E-state index in [-0.39, 0.29) is 12.6 Å². The van der Waals surface area contributed by atoms with Gasteiger partial charge in [-0.25, -0.2) is 4.79 Å². The Labute approximate surface area is 94.6 Å². The maximum atomic E-state index is 11.4. The van der Waals surface area contributed by atoms with Crippen LogP contribution in [0.5, 0.6) is 0 Å². The summed E-state index contributed by atoms with van der Waals surface area (Å²) in [6.45, 7) is 1.80. The van der Waals surface area contributed by atoms with Crippen molar-refractivity contribution in [2.75, 3.05) is 6.54 Å².